The van der Waals surface area contributed by atoms with Crippen molar-refractivity contribution < 1.29 is 19.1 Å². The van der Waals surface area contributed by atoms with Gasteiger partial charge in [-0.3, -0.25) is 14.0 Å². The van der Waals surface area contributed by atoms with Gasteiger partial charge in [0.05, 0.1) is 17.0 Å². The first-order valence-corrected chi connectivity index (χ1v) is 10.7. The molecule has 3 heterocycles. The first-order chi connectivity index (χ1) is 15.7. The maximum atomic E-state index is 12.8. The summed E-state index contributed by atoms with van der Waals surface area (Å²) in [7, 11) is 0. The number of amides is 2. The summed E-state index contributed by atoms with van der Waals surface area (Å²) >= 11 is 1.26. The lowest BCUT2D eigenvalue weighted by Crippen LogP contribution is -2.19. The fraction of sp³-hybridized carbons (Fsp3) is 0.0909. The van der Waals surface area contributed by atoms with E-state index in [1.165, 1.54) is 11.8 Å². The first-order valence-electron chi connectivity index (χ1n) is 9.70. The van der Waals surface area contributed by atoms with E-state index in [1.54, 1.807) is 42.5 Å². The predicted octanol–water partition coefficient (Wildman–Crippen LogP) is 3.44. The van der Waals surface area contributed by atoms with Crippen LogP contribution in [0.25, 0.3) is 5.65 Å². The van der Waals surface area contributed by atoms with Crippen molar-refractivity contribution in [3.63, 3.8) is 0 Å². The van der Waals surface area contributed by atoms with Crippen LogP contribution >= 0.6 is 11.8 Å². The Bertz CT molecular complexity index is 1320. The smallest absolute Gasteiger partial charge is 0.257 e. The third-order valence-electron chi connectivity index (χ3n) is 4.69. The number of para-hydroxylation sites is 1. The Kier molecular flexibility index (Phi) is 5.34. The number of hydrogen-bond donors (Lipinski definition) is 2. The van der Waals surface area contributed by atoms with Crippen LogP contribution in [0.5, 0.6) is 11.5 Å². The molecule has 0 saturated heterocycles. The molecule has 160 valence electrons. The van der Waals surface area contributed by atoms with Gasteiger partial charge in [-0.1, -0.05) is 30.0 Å². The number of pyridine rings is 1. The Balaban J connectivity index is 1.25. The van der Waals surface area contributed by atoms with Gasteiger partial charge in [0, 0.05) is 18.0 Å². The first kappa shape index (κ1) is 19.9. The fourth-order valence-electron chi connectivity index (χ4n) is 3.20. The van der Waals surface area contributed by atoms with Crippen LogP contribution in [0, 0.1) is 0 Å². The molecule has 0 atom stereocenters. The number of carbonyl (C=O) groups excluding carboxylic acids is 2. The molecule has 32 heavy (non-hydrogen) atoms. The van der Waals surface area contributed by atoms with Crippen molar-refractivity contribution in [2.75, 3.05) is 23.2 Å². The standard InChI is InChI=1S/C22H17N5O4S/c28-20(12-32-22-26-25-19-7-3-4-10-27(19)22)24-16-6-2-1-5-15(16)21(29)23-14-8-9-17-18(11-14)31-13-30-17/h1-11H,12-13H2,(H,23,29)(H,24,28). The van der Waals surface area contributed by atoms with Gasteiger partial charge in [-0.05, 0) is 36.4 Å². The number of rotatable bonds is 6. The molecule has 2 aromatic heterocycles. The lowest BCUT2D eigenvalue weighted by Gasteiger charge is -2.11. The van der Waals surface area contributed by atoms with Crippen LogP contribution in [0.4, 0.5) is 11.4 Å². The van der Waals surface area contributed by atoms with Gasteiger partial charge in [0.25, 0.3) is 5.91 Å². The average Bonchev–Trinajstić information content (AvgIpc) is 3.44. The van der Waals surface area contributed by atoms with Crippen LogP contribution in [-0.2, 0) is 4.79 Å². The summed E-state index contributed by atoms with van der Waals surface area (Å²) in [6.07, 6.45) is 1.84. The Labute approximate surface area is 186 Å². The van der Waals surface area contributed by atoms with Gasteiger partial charge in [0.2, 0.25) is 12.7 Å². The van der Waals surface area contributed by atoms with Crippen LogP contribution in [0.2, 0.25) is 0 Å². The maximum Gasteiger partial charge on any atom is 0.257 e. The number of aromatic nitrogens is 3. The van der Waals surface area contributed by atoms with Gasteiger partial charge in [-0.15, -0.1) is 10.2 Å². The van der Waals surface area contributed by atoms with E-state index < -0.39 is 0 Å². The lowest BCUT2D eigenvalue weighted by atomic mass is 10.1. The van der Waals surface area contributed by atoms with E-state index in [1.807, 2.05) is 28.8 Å². The van der Waals surface area contributed by atoms with Crippen LogP contribution in [0.15, 0.2) is 72.0 Å². The van der Waals surface area contributed by atoms with Crippen molar-refractivity contribution in [1.82, 2.24) is 14.6 Å². The number of benzene rings is 2. The molecule has 1 aliphatic rings. The highest BCUT2D eigenvalue weighted by Gasteiger charge is 2.17. The maximum absolute atomic E-state index is 12.8. The molecule has 2 aromatic carbocycles. The van der Waals surface area contributed by atoms with Crippen LogP contribution in [0.1, 0.15) is 10.4 Å². The van der Waals surface area contributed by atoms with E-state index in [4.69, 9.17) is 9.47 Å². The molecule has 2 N–H and O–H groups in total. The zero-order chi connectivity index (χ0) is 21.9. The Morgan fingerprint density at radius 1 is 0.969 bits per heavy atom. The summed E-state index contributed by atoms with van der Waals surface area (Å²) < 4.78 is 12.4. The van der Waals surface area contributed by atoms with Crippen molar-refractivity contribution in [1.29, 1.82) is 0 Å². The SMILES string of the molecule is O=C(CSc1nnc2ccccn12)Nc1ccccc1C(=O)Nc1ccc2c(c1)OCO2. The molecule has 10 heteroatoms. The topological polar surface area (TPSA) is 107 Å². The van der Waals surface area contributed by atoms with E-state index in [-0.39, 0.29) is 24.4 Å². The molecule has 9 nitrogen and oxygen atoms in total. The van der Waals surface area contributed by atoms with Gasteiger partial charge in [-0.25, -0.2) is 0 Å². The summed E-state index contributed by atoms with van der Waals surface area (Å²) in [5.74, 6) is 0.714. The average molecular weight is 447 g/mol. The molecule has 4 aromatic rings. The monoisotopic (exact) mass is 447 g/mol. The third kappa shape index (κ3) is 4.08. The minimum atomic E-state index is -0.351. The Morgan fingerprint density at radius 2 is 1.81 bits per heavy atom. The second-order valence-electron chi connectivity index (χ2n) is 6.82. The van der Waals surface area contributed by atoms with E-state index in [2.05, 4.69) is 20.8 Å². The predicted molar refractivity (Wildman–Crippen MR) is 119 cm³/mol. The summed E-state index contributed by atoms with van der Waals surface area (Å²) in [5, 5.41) is 14.4. The number of hydrogen-bond acceptors (Lipinski definition) is 7. The van der Waals surface area contributed by atoms with Crippen LogP contribution in [-0.4, -0.2) is 39.0 Å². The number of ether oxygens (including phenoxy) is 2. The normalized spacial score (nSPS) is 12.0. The molecule has 0 fully saturated rings. The summed E-state index contributed by atoms with van der Waals surface area (Å²) in [6, 6.07) is 17.6. The van der Waals surface area contributed by atoms with Gasteiger partial charge >= 0.3 is 0 Å². The second-order valence-corrected chi connectivity index (χ2v) is 7.76. The van der Waals surface area contributed by atoms with Gasteiger partial charge in [0.1, 0.15) is 0 Å². The molecule has 0 unspecified atom stereocenters. The Morgan fingerprint density at radius 3 is 2.75 bits per heavy atom. The number of nitrogens with one attached hydrogen (secondary N) is 2. The van der Waals surface area contributed by atoms with E-state index in [9.17, 15) is 9.59 Å². The van der Waals surface area contributed by atoms with E-state index in [0.29, 0.717) is 39.2 Å². The summed E-state index contributed by atoms with van der Waals surface area (Å²) in [5.41, 5.74) is 2.04. The van der Waals surface area contributed by atoms with Gasteiger partial charge in [0.15, 0.2) is 22.3 Å². The van der Waals surface area contributed by atoms with Crippen molar-refractivity contribution >= 4 is 40.6 Å². The number of carbonyl (C=O) groups is 2. The fourth-order valence-corrected chi connectivity index (χ4v) is 3.92. The number of anilines is 2. The largest absolute Gasteiger partial charge is 0.454 e. The second kappa shape index (κ2) is 8.60. The molecular formula is C22H17N5O4S. The molecule has 2 amide bonds. The summed E-state index contributed by atoms with van der Waals surface area (Å²) in [4.78, 5) is 25.4. The number of thioether (sulfide) groups is 1. The Hall–Kier alpha value is -4.05. The molecule has 1 aliphatic heterocycles. The minimum Gasteiger partial charge on any atom is -0.454 e. The lowest BCUT2D eigenvalue weighted by molar-refractivity contribution is -0.113. The molecule has 5 rings (SSSR count). The van der Waals surface area contributed by atoms with Crippen LogP contribution in [0.3, 0.4) is 0 Å². The molecule has 0 saturated carbocycles. The van der Waals surface area contributed by atoms with Crippen molar-refractivity contribution in [2.45, 2.75) is 5.16 Å². The summed E-state index contributed by atoms with van der Waals surface area (Å²) in [6.45, 7) is 0.157. The zero-order valence-corrected chi connectivity index (χ0v) is 17.5. The molecule has 0 bridgehead atoms. The molecule has 0 aliphatic carbocycles. The van der Waals surface area contributed by atoms with Crippen LogP contribution < -0.4 is 20.1 Å². The number of fused-ring (bicyclic) bond motifs is 2. The molecular weight excluding hydrogens is 430 g/mol. The van der Waals surface area contributed by atoms with Crippen molar-refractivity contribution in [3.8, 4) is 11.5 Å². The van der Waals surface area contributed by atoms with E-state index in [0.717, 1.165) is 0 Å². The minimum absolute atomic E-state index is 0.119. The number of nitrogens with zero attached hydrogens (tertiary/aromatic N) is 3. The highest BCUT2D eigenvalue weighted by atomic mass is 32.2. The highest BCUT2D eigenvalue weighted by Crippen LogP contribution is 2.34. The third-order valence-corrected chi connectivity index (χ3v) is 5.63. The van der Waals surface area contributed by atoms with Crippen molar-refractivity contribution in [3.05, 3.63) is 72.4 Å². The van der Waals surface area contributed by atoms with Crippen molar-refractivity contribution in [2.24, 2.45) is 0 Å². The van der Waals surface area contributed by atoms with Gasteiger partial charge in [-0.2, -0.15) is 0 Å². The molecule has 0 spiro atoms. The highest BCUT2D eigenvalue weighted by molar-refractivity contribution is 7.99. The van der Waals surface area contributed by atoms with Gasteiger partial charge < -0.3 is 20.1 Å². The quantitative estimate of drug-likeness (QED) is 0.436. The van der Waals surface area contributed by atoms with E-state index >= 15 is 0 Å². The molecule has 0 radical (unpaired) electrons. The zero-order valence-electron chi connectivity index (χ0n) is 16.6.